The fourth-order valence-electron chi connectivity index (χ4n) is 0.140. The molecule has 0 fully saturated rings. The largest absolute Gasteiger partial charge is 0.318 e. The molecule has 0 atom stereocenters. The Balaban J connectivity index is 4.24. The molecule has 0 heterocycles. The van der Waals surface area contributed by atoms with E-state index in [1.165, 1.54) is 0 Å². The summed E-state index contributed by atoms with van der Waals surface area (Å²) in [5.41, 5.74) is 0. The molecule has 0 rings (SSSR count). The molecule has 0 bridgehead atoms. The Morgan fingerprint density at radius 3 is 2.22 bits per heavy atom. The SMILES string of the molecule is C=C(NC=O)S(=O)(=O)O. The van der Waals surface area contributed by atoms with E-state index in [-0.39, 0.29) is 6.41 Å². The van der Waals surface area contributed by atoms with E-state index in [2.05, 4.69) is 6.58 Å². The third-order valence-electron chi connectivity index (χ3n) is 0.531. The van der Waals surface area contributed by atoms with E-state index >= 15 is 0 Å². The highest BCUT2D eigenvalue weighted by molar-refractivity contribution is 7.89. The molecule has 0 aliphatic rings. The van der Waals surface area contributed by atoms with Crippen molar-refractivity contribution in [2.24, 2.45) is 0 Å². The number of rotatable bonds is 3. The van der Waals surface area contributed by atoms with Gasteiger partial charge in [0.25, 0.3) is 0 Å². The first-order valence-electron chi connectivity index (χ1n) is 1.85. The number of hydrogen-bond acceptors (Lipinski definition) is 3. The van der Waals surface area contributed by atoms with E-state index in [1.807, 2.05) is 0 Å². The molecule has 1 amide bonds. The van der Waals surface area contributed by atoms with Gasteiger partial charge in [-0.2, -0.15) is 8.42 Å². The predicted molar refractivity (Wildman–Crippen MR) is 29.9 cm³/mol. The summed E-state index contributed by atoms with van der Waals surface area (Å²) in [6.45, 7) is 2.84. The van der Waals surface area contributed by atoms with Gasteiger partial charge in [-0.3, -0.25) is 9.35 Å². The molecule has 0 aliphatic carbocycles. The molecule has 6 heteroatoms. The third kappa shape index (κ3) is 2.83. The Bertz CT molecular complexity index is 216. The number of nitrogens with one attached hydrogen (secondary N) is 1. The number of carbonyl (C=O) groups is 1. The summed E-state index contributed by atoms with van der Waals surface area (Å²) in [6, 6.07) is 0. The average Bonchev–Trinajstić information content (AvgIpc) is 1.64. The van der Waals surface area contributed by atoms with Crippen LogP contribution in [0, 0.1) is 0 Å². The summed E-state index contributed by atoms with van der Waals surface area (Å²) in [5.74, 6) is 0. The second kappa shape index (κ2) is 2.60. The molecule has 0 aliphatic heterocycles. The Kier molecular flexibility index (Phi) is 2.35. The van der Waals surface area contributed by atoms with Crippen molar-refractivity contribution in [3.05, 3.63) is 11.6 Å². The van der Waals surface area contributed by atoms with E-state index in [0.717, 1.165) is 0 Å². The van der Waals surface area contributed by atoms with Crippen molar-refractivity contribution in [1.29, 1.82) is 0 Å². The Morgan fingerprint density at radius 2 is 2.11 bits per heavy atom. The van der Waals surface area contributed by atoms with Gasteiger partial charge < -0.3 is 5.32 Å². The maximum Gasteiger partial charge on any atom is 0.309 e. The second-order valence-corrected chi connectivity index (χ2v) is 2.60. The van der Waals surface area contributed by atoms with Crippen molar-refractivity contribution in [2.75, 3.05) is 0 Å². The van der Waals surface area contributed by atoms with Crippen molar-refractivity contribution in [1.82, 2.24) is 5.32 Å². The van der Waals surface area contributed by atoms with Crippen LogP contribution in [0.2, 0.25) is 0 Å². The summed E-state index contributed by atoms with van der Waals surface area (Å²) in [6.07, 6.45) is 0.107. The minimum absolute atomic E-state index is 0.107. The van der Waals surface area contributed by atoms with Crippen molar-refractivity contribution in [3.8, 4) is 0 Å². The standard InChI is InChI=1S/C3H5NO4S/c1-3(4-2-5)9(6,7)8/h2H,1H2,(H,4,5)(H,6,7,8). The van der Waals surface area contributed by atoms with Crippen LogP contribution >= 0.6 is 0 Å². The molecule has 0 saturated carbocycles. The first-order chi connectivity index (χ1) is 3.98. The van der Waals surface area contributed by atoms with Gasteiger partial charge in [0.1, 0.15) is 0 Å². The van der Waals surface area contributed by atoms with E-state index in [1.54, 1.807) is 5.32 Å². The zero-order valence-electron chi connectivity index (χ0n) is 4.36. The van der Waals surface area contributed by atoms with Gasteiger partial charge in [0, 0.05) is 0 Å². The Morgan fingerprint density at radius 1 is 1.67 bits per heavy atom. The van der Waals surface area contributed by atoms with Gasteiger partial charge in [0.2, 0.25) is 6.41 Å². The lowest BCUT2D eigenvalue weighted by atomic mass is 11.0. The van der Waals surface area contributed by atoms with E-state index in [0.29, 0.717) is 0 Å². The monoisotopic (exact) mass is 151 g/mol. The van der Waals surface area contributed by atoms with E-state index < -0.39 is 15.1 Å². The van der Waals surface area contributed by atoms with Gasteiger partial charge in [-0.25, -0.2) is 0 Å². The molecule has 0 radical (unpaired) electrons. The Hall–Kier alpha value is -0.880. The van der Waals surface area contributed by atoms with Gasteiger partial charge in [-0.1, -0.05) is 6.58 Å². The summed E-state index contributed by atoms with van der Waals surface area (Å²) in [7, 11) is -4.30. The molecule has 0 saturated heterocycles. The van der Waals surface area contributed by atoms with Crippen molar-refractivity contribution in [2.45, 2.75) is 0 Å². The topological polar surface area (TPSA) is 83.5 Å². The molecular weight excluding hydrogens is 146 g/mol. The quantitative estimate of drug-likeness (QED) is 0.404. The Labute approximate surface area is 52.1 Å². The van der Waals surface area contributed by atoms with Crippen LogP contribution in [0.1, 0.15) is 0 Å². The second-order valence-electron chi connectivity index (χ2n) is 1.16. The molecule has 0 aromatic heterocycles. The minimum Gasteiger partial charge on any atom is -0.318 e. The predicted octanol–water partition coefficient (Wildman–Crippen LogP) is -0.909. The van der Waals surface area contributed by atoms with Crippen LogP contribution in [0.3, 0.4) is 0 Å². The smallest absolute Gasteiger partial charge is 0.309 e. The summed E-state index contributed by atoms with van der Waals surface area (Å²) in [4.78, 5) is 9.51. The van der Waals surface area contributed by atoms with Gasteiger partial charge in [-0.15, -0.1) is 0 Å². The van der Waals surface area contributed by atoms with Crippen LogP contribution in [-0.2, 0) is 14.9 Å². The van der Waals surface area contributed by atoms with Gasteiger partial charge >= 0.3 is 10.1 Å². The lowest BCUT2D eigenvalue weighted by Gasteiger charge is -1.95. The fraction of sp³-hybridized carbons (Fsp3) is 0. The third-order valence-corrected chi connectivity index (χ3v) is 1.27. The summed E-state index contributed by atoms with van der Waals surface area (Å²) >= 11 is 0. The van der Waals surface area contributed by atoms with Crippen LogP contribution in [0.4, 0.5) is 0 Å². The highest BCUT2D eigenvalue weighted by Gasteiger charge is 2.07. The zero-order chi connectivity index (χ0) is 7.49. The van der Waals surface area contributed by atoms with Crippen LogP contribution in [-0.4, -0.2) is 19.4 Å². The normalized spacial score (nSPS) is 10.3. The maximum atomic E-state index is 9.96. The van der Waals surface area contributed by atoms with Crippen LogP contribution in [0.5, 0.6) is 0 Å². The van der Waals surface area contributed by atoms with E-state index in [4.69, 9.17) is 4.55 Å². The van der Waals surface area contributed by atoms with Gasteiger partial charge in [-0.05, 0) is 0 Å². The number of hydrogen-bond donors (Lipinski definition) is 2. The van der Waals surface area contributed by atoms with Gasteiger partial charge in [0.15, 0.2) is 5.03 Å². The molecule has 5 nitrogen and oxygen atoms in total. The van der Waals surface area contributed by atoms with E-state index in [9.17, 15) is 13.2 Å². The minimum atomic E-state index is -4.30. The van der Waals surface area contributed by atoms with Gasteiger partial charge in [0.05, 0.1) is 0 Å². The van der Waals surface area contributed by atoms with Crippen LogP contribution in [0.25, 0.3) is 0 Å². The average molecular weight is 151 g/mol. The summed E-state index contributed by atoms with van der Waals surface area (Å²) < 4.78 is 28.0. The molecule has 0 aromatic rings. The number of amides is 1. The highest BCUT2D eigenvalue weighted by atomic mass is 32.2. The molecule has 52 valence electrons. The van der Waals surface area contributed by atoms with Crippen LogP contribution in [0.15, 0.2) is 11.6 Å². The molecular formula is C3H5NO4S. The maximum absolute atomic E-state index is 9.96. The lowest BCUT2D eigenvalue weighted by molar-refractivity contribution is -0.108. The molecule has 0 aromatic carbocycles. The lowest BCUT2D eigenvalue weighted by Crippen LogP contribution is -2.16. The first-order valence-corrected chi connectivity index (χ1v) is 3.29. The summed E-state index contributed by atoms with van der Waals surface area (Å²) in [5, 5.41) is 0.948. The molecule has 2 N–H and O–H groups in total. The molecule has 0 unspecified atom stereocenters. The van der Waals surface area contributed by atoms with Crippen molar-refractivity contribution in [3.63, 3.8) is 0 Å². The highest BCUT2D eigenvalue weighted by Crippen LogP contribution is 1.91. The molecule has 0 spiro atoms. The van der Waals surface area contributed by atoms with Crippen molar-refractivity contribution >= 4 is 16.5 Å². The first kappa shape index (κ1) is 8.12. The fourth-order valence-corrected chi connectivity index (χ4v) is 0.337. The molecule has 9 heavy (non-hydrogen) atoms. The zero-order valence-corrected chi connectivity index (χ0v) is 5.18. The van der Waals surface area contributed by atoms with Crippen molar-refractivity contribution < 1.29 is 17.8 Å². The number of carbonyl (C=O) groups excluding carboxylic acids is 1. The van der Waals surface area contributed by atoms with Crippen LogP contribution < -0.4 is 5.32 Å².